The van der Waals surface area contributed by atoms with Crippen LogP contribution in [0.2, 0.25) is 0 Å². The zero-order valence-electron chi connectivity index (χ0n) is 15.5. The second-order valence-electron chi connectivity index (χ2n) is 6.05. The van der Waals surface area contributed by atoms with Gasteiger partial charge in [0.1, 0.15) is 22.9 Å². The molecule has 0 bridgehead atoms. The van der Waals surface area contributed by atoms with E-state index in [1.165, 1.54) is 40.9 Å². The van der Waals surface area contributed by atoms with E-state index in [1.807, 2.05) is 0 Å². The van der Waals surface area contributed by atoms with Crippen LogP contribution in [0, 0.1) is 0 Å². The molecule has 3 heterocycles. The van der Waals surface area contributed by atoms with E-state index in [2.05, 4.69) is 40.9 Å². The Morgan fingerprint density at radius 2 is 2.10 bits per heavy atom. The smallest absolute Gasteiger partial charge is 0.387 e. The molecule has 0 aliphatic carbocycles. The third-order valence-electron chi connectivity index (χ3n) is 4.18. The van der Waals surface area contributed by atoms with Crippen molar-refractivity contribution < 1.29 is 22.8 Å². The molecule has 4 aromatic rings. The molecule has 0 spiro atoms. The number of ether oxygens (including phenoxy) is 2. The van der Waals surface area contributed by atoms with E-state index in [0.29, 0.717) is 21.2 Å². The number of aryl methyl sites for hydroxylation is 1. The second kappa shape index (κ2) is 7.82. The number of benzene rings is 1. The van der Waals surface area contributed by atoms with Crippen LogP contribution in [0.4, 0.5) is 8.78 Å². The molecular weight excluding hydrogens is 470 g/mol. The minimum absolute atomic E-state index is 0.0141. The summed E-state index contributed by atoms with van der Waals surface area (Å²) in [6.45, 7) is -2.99. The van der Waals surface area contributed by atoms with Crippen molar-refractivity contribution in [2.24, 2.45) is 7.05 Å². The van der Waals surface area contributed by atoms with Crippen molar-refractivity contribution in [3.63, 3.8) is 0 Å². The third kappa shape index (κ3) is 3.63. The summed E-state index contributed by atoms with van der Waals surface area (Å²) in [7, 11) is 3.01. The Kier molecular flexibility index (Phi) is 5.20. The van der Waals surface area contributed by atoms with Crippen LogP contribution in [0.5, 0.6) is 11.5 Å². The maximum absolute atomic E-state index is 12.7. The molecule has 156 valence electrons. The summed E-state index contributed by atoms with van der Waals surface area (Å²) in [5.41, 5.74) is 0.571. The Bertz CT molecular complexity index is 1290. The molecule has 10 nitrogen and oxygen atoms in total. The van der Waals surface area contributed by atoms with Crippen molar-refractivity contribution in [2.45, 2.75) is 13.2 Å². The molecular formula is C17H13BrF2N6O4. The maximum Gasteiger partial charge on any atom is 0.387 e. The molecule has 0 atom stereocenters. The molecule has 13 heteroatoms. The molecule has 0 fully saturated rings. The van der Waals surface area contributed by atoms with E-state index in [1.54, 1.807) is 7.05 Å². The zero-order valence-corrected chi connectivity index (χ0v) is 17.1. The number of methoxy groups -OCH3 is 1. The molecule has 0 saturated carbocycles. The van der Waals surface area contributed by atoms with E-state index < -0.39 is 6.61 Å². The van der Waals surface area contributed by atoms with Gasteiger partial charge in [-0.1, -0.05) is 5.16 Å². The summed E-state index contributed by atoms with van der Waals surface area (Å²) in [4.78, 5) is 21.2. The number of nitrogens with zero attached hydrogens (tertiary/aromatic N) is 6. The van der Waals surface area contributed by atoms with Gasteiger partial charge in [0.2, 0.25) is 11.7 Å². The standard InChI is InChI=1S/C17H13BrF2N6O4/c1-25-15-12(13(18)23-25)16(27)26(7-21-15)6-11-22-14(24-30-11)8-3-4-9(29-17(19)20)10(5-8)28-2/h3-5,7,17H,6H2,1-2H3. The fourth-order valence-corrected chi connectivity index (χ4v) is 3.42. The highest BCUT2D eigenvalue weighted by atomic mass is 79.9. The van der Waals surface area contributed by atoms with Crippen LogP contribution >= 0.6 is 15.9 Å². The Hall–Kier alpha value is -3.35. The van der Waals surface area contributed by atoms with Gasteiger partial charge in [-0.2, -0.15) is 18.9 Å². The average molecular weight is 483 g/mol. The molecule has 0 aliphatic rings. The van der Waals surface area contributed by atoms with Gasteiger partial charge >= 0.3 is 6.61 Å². The van der Waals surface area contributed by atoms with Crippen LogP contribution in [0.15, 0.2) is 38.4 Å². The van der Waals surface area contributed by atoms with Gasteiger partial charge in [0, 0.05) is 12.6 Å². The normalized spacial score (nSPS) is 11.4. The zero-order chi connectivity index (χ0) is 21.4. The van der Waals surface area contributed by atoms with E-state index in [4.69, 9.17) is 9.26 Å². The number of fused-ring (bicyclic) bond motifs is 1. The lowest BCUT2D eigenvalue weighted by atomic mass is 10.2. The summed E-state index contributed by atoms with van der Waals surface area (Å²) < 4.78 is 42.8. The van der Waals surface area contributed by atoms with E-state index in [-0.39, 0.29) is 35.3 Å². The van der Waals surface area contributed by atoms with Crippen molar-refractivity contribution >= 4 is 27.0 Å². The molecule has 4 rings (SSSR count). The predicted molar refractivity (Wildman–Crippen MR) is 102 cm³/mol. The number of rotatable bonds is 6. The summed E-state index contributed by atoms with van der Waals surface area (Å²) in [6.07, 6.45) is 1.36. The van der Waals surface area contributed by atoms with Crippen LogP contribution in [0.25, 0.3) is 22.4 Å². The van der Waals surface area contributed by atoms with Crippen LogP contribution in [-0.4, -0.2) is 43.2 Å². The number of hydrogen-bond donors (Lipinski definition) is 0. The highest BCUT2D eigenvalue weighted by molar-refractivity contribution is 9.10. The van der Waals surface area contributed by atoms with Crippen LogP contribution < -0.4 is 15.0 Å². The van der Waals surface area contributed by atoms with Crippen LogP contribution in [-0.2, 0) is 13.6 Å². The van der Waals surface area contributed by atoms with Gasteiger partial charge in [-0.05, 0) is 34.1 Å². The first kappa shape index (κ1) is 19.9. The van der Waals surface area contributed by atoms with Gasteiger partial charge in [-0.25, -0.2) is 9.67 Å². The largest absolute Gasteiger partial charge is 0.493 e. The predicted octanol–water partition coefficient (Wildman–Crippen LogP) is 2.60. The molecule has 3 aromatic heterocycles. The summed E-state index contributed by atoms with van der Waals surface area (Å²) in [6, 6.07) is 4.25. The first-order chi connectivity index (χ1) is 14.4. The first-order valence-corrected chi connectivity index (χ1v) is 9.20. The molecule has 0 amide bonds. The monoisotopic (exact) mass is 482 g/mol. The molecule has 0 N–H and O–H groups in total. The lowest BCUT2D eigenvalue weighted by Gasteiger charge is -2.10. The fourth-order valence-electron chi connectivity index (χ4n) is 2.83. The lowest BCUT2D eigenvalue weighted by molar-refractivity contribution is -0.0512. The van der Waals surface area contributed by atoms with Crippen LogP contribution in [0.3, 0.4) is 0 Å². The van der Waals surface area contributed by atoms with E-state index >= 15 is 0 Å². The number of hydrogen-bond acceptors (Lipinski definition) is 8. The molecule has 0 radical (unpaired) electrons. The summed E-state index contributed by atoms with van der Waals surface area (Å²) in [5, 5.41) is 8.32. The second-order valence-corrected chi connectivity index (χ2v) is 6.80. The topological polar surface area (TPSA) is 110 Å². The third-order valence-corrected chi connectivity index (χ3v) is 4.74. The van der Waals surface area contributed by atoms with Gasteiger partial charge in [-0.15, -0.1) is 0 Å². The van der Waals surface area contributed by atoms with Crippen molar-refractivity contribution in [1.29, 1.82) is 0 Å². The van der Waals surface area contributed by atoms with Gasteiger partial charge in [0.25, 0.3) is 5.56 Å². The molecule has 30 heavy (non-hydrogen) atoms. The van der Waals surface area contributed by atoms with Crippen LogP contribution in [0.1, 0.15) is 5.89 Å². The Balaban J connectivity index is 1.62. The maximum atomic E-state index is 12.7. The van der Waals surface area contributed by atoms with Crippen molar-refractivity contribution in [3.8, 4) is 22.9 Å². The van der Waals surface area contributed by atoms with E-state index in [0.717, 1.165) is 0 Å². The van der Waals surface area contributed by atoms with Gasteiger partial charge in [0.05, 0.1) is 7.11 Å². The van der Waals surface area contributed by atoms with Crippen molar-refractivity contribution in [1.82, 2.24) is 29.5 Å². The lowest BCUT2D eigenvalue weighted by Crippen LogP contribution is -2.21. The summed E-state index contributed by atoms with van der Waals surface area (Å²) >= 11 is 3.25. The van der Waals surface area contributed by atoms with E-state index in [9.17, 15) is 13.6 Å². The average Bonchev–Trinajstić information content (AvgIpc) is 3.28. The number of alkyl halides is 2. The fraction of sp³-hybridized carbons (Fsp3) is 0.235. The quantitative estimate of drug-likeness (QED) is 0.412. The Morgan fingerprint density at radius 3 is 2.83 bits per heavy atom. The Labute approximate surface area is 175 Å². The minimum Gasteiger partial charge on any atom is -0.493 e. The number of aromatic nitrogens is 6. The van der Waals surface area contributed by atoms with Crippen molar-refractivity contribution in [3.05, 3.63) is 45.4 Å². The molecule has 0 aliphatic heterocycles. The molecule has 0 unspecified atom stereocenters. The highest BCUT2D eigenvalue weighted by Gasteiger charge is 2.17. The SMILES string of the molecule is COc1cc(-c2noc(Cn3cnc4c(c(Br)nn4C)c3=O)n2)ccc1OC(F)F. The molecule has 0 saturated heterocycles. The summed E-state index contributed by atoms with van der Waals surface area (Å²) in [5.74, 6) is 0.316. The van der Waals surface area contributed by atoms with Gasteiger partial charge < -0.3 is 14.0 Å². The first-order valence-electron chi connectivity index (χ1n) is 8.41. The molecule has 1 aromatic carbocycles. The number of halogens is 3. The highest BCUT2D eigenvalue weighted by Crippen LogP contribution is 2.32. The van der Waals surface area contributed by atoms with Gasteiger partial charge in [0.15, 0.2) is 17.1 Å². The Morgan fingerprint density at radius 1 is 1.30 bits per heavy atom. The van der Waals surface area contributed by atoms with Gasteiger partial charge in [-0.3, -0.25) is 9.36 Å². The van der Waals surface area contributed by atoms with Crippen molar-refractivity contribution in [2.75, 3.05) is 7.11 Å². The minimum atomic E-state index is -2.98.